The van der Waals surface area contributed by atoms with Crippen LogP contribution in [0.4, 0.5) is 5.69 Å². The highest BCUT2D eigenvalue weighted by Gasteiger charge is 2.36. The van der Waals surface area contributed by atoms with Gasteiger partial charge in [-0.2, -0.15) is 0 Å². The summed E-state index contributed by atoms with van der Waals surface area (Å²) in [6.45, 7) is 4.28. The van der Waals surface area contributed by atoms with Crippen molar-refractivity contribution in [3.8, 4) is 0 Å². The first-order valence-electron chi connectivity index (χ1n) is 8.28. The molecule has 1 aliphatic heterocycles. The van der Waals surface area contributed by atoms with Gasteiger partial charge in [-0.25, -0.2) is 0 Å². The van der Waals surface area contributed by atoms with Crippen molar-refractivity contribution in [2.45, 2.75) is 26.7 Å². The molecule has 1 aromatic carbocycles. The molecule has 0 spiro atoms. The number of benzene rings is 1. The zero-order chi connectivity index (χ0) is 18.0. The molecule has 0 saturated heterocycles. The first-order chi connectivity index (χ1) is 11.9. The van der Waals surface area contributed by atoms with E-state index in [0.29, 0.717) is 17.7 Å². The van der Waals surface area contributed by atoms with E-state index in [0.717, 1.165) is 23.1 Å². The Morgan fingerprint density at radius 2 is 2.08 bits per heavy atom. The third-order valence-corrected chi connectivity index (χ3v) is 4.62. The van der Waals surface area contributed by atoms with E-state index >= 15 is 0 Å². The highest BCUT2D eigenvalue weighted by atomic mass is 16.5. The summed E-state index contributed by atoms with van der Waals surface area (Å²) in [5, 5.41) is 5.47. The van der Waals surface area contributed by atoms with Crippen molar-refractivity contribution in [3.63, 3.8) is 0 Å². The quantitative estimate of drug-likeness (QED) is 0.882. The van der Waals surface area contributed by atoms with Crippen LogP contribution in [0.5, 0.6) is 0 Å². The van der Waals surface area contributed by atoms with Gasteiger partial charge in [-0.3, -0.25) is 9.59 Å². The third kappa shape index (κ3) is 3.50. The monoisotopic (exact) mass is 338 g/mol. The van der Waals surface area contributed by atoms with Gasteiger partial charge >= 0.3 is 0 Å². The van der Waals surface area contributed by atoms with Gasteiger partial charge in [0.15, 0.2) is 0 Å². The van der Waals surface area contributed by atoms with Gasteiger partial charge in [-0.05, 0) is 52.8 Å². The van der Waals surface area contributed by atoms with Gasteiger partial charge in [-0.1, -0.05) is 19.9 Å². The predicted octanol–water partition coefficient (Wildman–Crippen LogP) is 3.53. The maximum atomic E-state index is 12.6. The van der Waals surface area contributed by atoms with E-state index in [4.69, 9.17) is 4.74 Å². The predicted molar refractivity (Wildman–Crippen MR) is 96.8 cm³/mol. The molecule has 2 aliphatic rings. The number of hydrogen-bond donors (Lipinski definition) is 2. The number of ether oxygens (including phenoxy) is 1. The molecule has 0 aromatic heterocycles. The molecule has 0 bridgehead atoms. The van der Waals surface area contributed by atoms with E-state index in [2.05, 4.69) is 24.5 Å². The van der Waals surface area contributed by atoms with Crippen LogP contribution in [0.25, 0.3) is 0 Å². The average Bonchev–Trinajstić information content (AvgIpc) is 2.84. The summed E-state index contributed by atoms with van der Waals surface area (Å²) < 4.78 is 5.26. The van der Waals surface area contributed by atoms with Crippen molar-refractivity contribution < 1.29 is 14.3 Å². The molecule has 0 saturated carbocycles. The third-order valence-electron chi connectivity index (χ3n) is 4.62. The first-order valence-corrected chi connectivity index (χ1v) is 8.28. The topological polar surface area (TPSA) is 67.4 Å². The van der Waals surface area contributed by atoms with Gasteiger partial charge in [0.05, 0.1) is 12.5 Å². The van der Waals surface area contributed by atoms with Crippen molar-refractivity contribution in [2.75, 3.05) is 12.4 Å². The van der Waals surface area contributed by atoms with Crippen LogP contribution >= 0.6 is 0 Å². The summed E-state index contributed by atoms with van der Waals surface area (Å²) in [4.78, 5) is 24.3. The van der Waals surface area contributed by atoms with Crippen LogP contribution in [0, 0.1) is 5.41 Å². The van der Waals surface area contributed by atoms with Crippen LogP contribution in [0.3, 0.4) is 0 Å². The Morgan fingerprint density at radius 3 is 2.84 bits per heavy atom. The zero-order valence-electron chi connectivity index (χ0n) is 14.7. The number of nitrogens with one attached hydrogen (secondary N) is 2. The zero-order valence-corrected chi connectivity index (χ0v) is 14.7. The normalized spacial score (nSPS) is 17.5. The second-order valence-electron chi connectivity index (χ2n) is 6.92. The molecule has 5 nitrogen and oxygen atoms in total. The molecule has 1 heterocycles. The number of amides is 2. The van der Waals surface area contributed by atoms with Gasteiger partial charge in [0.25, 0.3) is 5.91 Å². The number of hydrogen-bond acceptors (Lipinski definition) is 3. The van der Waals surface area contributed by atoms with Crippen LogP contribution < -0.4 is 10.6 Å². The number of fused-ring (bicyclic) bond motifs is 1. The number of rotatable bonds is 4. The smallest absolute Gasteiger partial charge is 0.251 e. The summed E-state index contributed by atoms with van der Waals surface area (Å²) in [5.74, 6) is -0.272. The Morgan fingerprint density at radius 1 is 1.28 bits per heavy atom. The Labute approximate surface area is 147 Å². The van der Waals surface area contributed by atoms with Crippen LogP contribution in [0.2, 0.25) is 0 Å². The maximum absolute atomic E-state index is 12.6. The standard InChI is InChI=1S/C20H22N2O3/c1-20(2)11-14-12-25-8-7-16(14)17(20)10-18(23)22-15-6-4-5-13(9-15)19(24)21-3/h4-9,12H,10-11H2,1-3H3,(H,21,24)(H,22,23). The van der Waals surface area contributed by atoms with E-state index in [1.807, 2.05) is 6.08 Å². The Kier molecular flexibility index (Phi) is 4.49. The molecule has 0 radical (unpaired) electrons. The number of allylic oxidation sites excluding steroid dienone is 3. The van der Waals surface area contributed by atoms with Crippen LogP contribution in [-0.4, -0.2) is 18.9 Å². The lowest BCUT2D eigenvalue weighted by atomic mass is 9.83. The van der Waals surface area contributed by atoms with E-state index in [-0.39, 0.29) is 17.2 Å². The van der Waals surface area contributed by atoms with Crippen LogP contribution in [0.1, 0.15) is 37.0 Å². The summed E-state index contributed by atoms with van der Waals surface area (Å²) in [6.07, 6.45) is 6.51. The number of carbonyl (C=O) groups is 2. The number of carbonyl (C=O) groups excluding carboxylic acids is 2. The Balaban J connectivity index is 1.77. The van der Waals surface area contributed by atoms with Crippen molar-refractivity contribution in [1.29, 1.82) is 0 Å². The summed E-state index contributed by atoms with van der Waals surface area (Å²) in [7, 11) is 1.58. The largest absolute Gasteiger partial charge is 0.472 e. The lowest BCUT2D eigenvalue weighted by molar-refractivity contribution is -0.115. The summed E-state index contributed by atoms with van der Waals surface area (Å²) in [6, 6.07) is 6.92. The fourth-order valence-corrected chi connectivity index (χ4v) is 3.36. The van der Waals surface area contributed by atoms with Crippen LogP contribution in [0.15, 0.2) is 59.6 Å². The maximum Gasteiger partial charge on any atom is 0.251 e. The van der Waals surface area contributed by atoms with E-state index in [1.165, 1.54) is 0 Å². The molecule has 0 atom stereocenters. The summed E-state index contributed by atoms with van der Waals surface area (Å²) >= 11 is 0. The van der Waals surface area contributed by atoms with Crippen molar-refractivity contribution in [1.82, 2.24) is 5.32 Å². The molecule has 5 heteroatoms. The van der Waals surface area contributed by atoms with Gasteiger partial charge < -0.3 is 15.4 Å². The number of anilines is 1. The fourth-order valence-electron chi connectivity index (χ4n) is 3.36. The van der Waals surface area contributed by atoms with E-state index in [1.54, 1.807) is 43.8 Å². The van der Waals surface area contributed by atoms with Gasteiger partial charge in [0, 0.05) is 24.7 Å². The fraction of sp³-hybridized carbons (Fsp3) is 0.300. The second kappa shape index (κ2) is 6.59. The van der Waals surface area contributed by atoms with Crippen molar-refractivity contribution in [3.05, 3.63) is 65.1 Å². The van der Waals surface area contributed by atoms with Gasteiger partial charge in [0.1, 0.15) is 0 Å². The summed E-state index contributed by atoms with van der Waals surface area (Å²) in [5.41, 5.74) is 4.40. The Hall–Kier alpha value is -2.82. The van der Waals surface area contributed by atoms with Gasteiger partial charge in [0.2, 0.25) is 5.91 Å². The van der Waals surface area contributed by atoms with Crippen molar-refractivity contribution in [2.24, 2.45) is 5.41 Å². The van der Waals surface area contributed by atoms with Crippen molar-refractivity contribution >= 4 is 17.5 Å². The van der Waals surface area contributed by atoms with Gasteiger partial charge in [-0.15, -0.1) is 0 Å². The molecule has 1 aromatic rings. The lowest BCUT2D eigenvalue weighted by Crippen LogP contribution is -2.20. The minimum absolute atomic E-state index is 0.0828. The van der Waals surface area contributed by atoms with E-state index < -0.39 is 0 Å². The minimum Gasteiger partial charge on any atom is -0.472 e. The molecule has 0 unspecified atom stereocenters. The molecule has 1 aliphatic carbocycles. The highest BCUT2D eigenvalue weighted by molar-refractivity contribution is 5.97. The molecule has 0 fully saturated rings. The van der Waals surface area contributed by atoms with Crippen LogP contribution in [-0.2, 0) is 9.53 Å². The average molecular weight is 338 g/mol. The SMILES string of the molecule is CNC(=O)c1cccc(NC(=O)CC2=C3C=COC=C3CC2(C)C)c1. The van der Waals surface area contributed by atoms with E-state index in [9.17, 15) is 9.59 Å². The highest BCUT2D eigenvalue weighted by Crippen LogP contribution is 2.48. The minimum atomic E-state index is -0.180. The first kappa shape index (κ1) is 17.0. The Bertz CT molecular complexity index is 816. The molecule has 3 rings (SSSR count). The molecule has 2 N–H and O–H groups in total. The molecule has 25 heavy (non-hydrogen) atoms. The molecular weight excluding hydrogens is 316 g/mol. The second-order valence-corrected chi connectivity index (χ2v) is 6.92. The molecule has 2 amide bonds. The molecular formula is C20H22N2O3. The molecule has 130 valence electrons. The lowest BCUT2D eigenvalue weighted by Gasteiger charge is -2.22.